The molecule has 1 aliphatic carbocycles. The Kier molecular flexibility index (Phi) is 3.36. The zero-order valence-electron chi connectivity index (χ0n) is 12.3. The van der Waals surface area contributed by atoms with Gasteiger partial charge in [0.15, 0.2) is 5.79 Å². The number of phenolic OH excluding ortho intramolecular Hbond substituents is 1. The maximum absolute atomic E-state index is 10.8. The molecule has 2 N–H and O–H groups in total. The summed E-state index contributed by atoms with van der Waals surface area (Å²) in [7, 11) is 3.07. The third kappa shape index (κ3) is 2.00. The van der Waals surface area contributed by atoms with Gasteiger partial charge < -0.3 is 19.7 Å². The normalized spacial score (nSPS) is 24.0. The molecule has 1 unspecified atom stereocenters. The van der Waals surface area contributed by atoms with Gasteiger partial charge in [-0.1, -0.05) is 6.92 Å². The number of aromatic hydroxyl groups is 1. The molecule has 0 amide bonds. The first-order valence-electron chi connectivity index (χ1n) is 6.92. The van der Waals surface area contributed by atoms with E-state index in [1.54, 1.807) is 24.4 Å². The van der Waals surface area contributed by atoms with Crippen molar-refractivity contribution in [3.8, 4) is 5.75 Å². The first kappa shape index (κ1) is 14.3. The highest BCUT2D eigenvalue weighted by Gasteiger charge is 2.47. The molecule has 0 fully saturated rings. The van der Waals surface area contributed by atoms with Crippen LogP contribution in [0.5, 0.6) is 5.75 Å². The Morgan fingerprint density at radius 3 is 2.67 bits per heavy atom. The van der Waals surface area contributed by atoms with E-state index in [4.69, 9.17) is 9.47 Å². The number of aliphatic hydroxyl groups is 1. The van der Waals surface area contributed by atoms with Gasteiger partial charge in [-0.15, -0.1) is 0 Å². The Balaban J connectivity index is 2.31. The zero-order chi connectivity index (χ0) is 15.2. The summed E-state index contributed by atoms with van der Waals surface area (Å²) in [4.78, 5) is 4.42. The van der Waals surface area contributed by atoms with Crippen LogP contribution in [-0.4, -0.2) is 35.2 Å². The first-order valence-corrected chi connectivity index (χ1v) is 6.92. The number of rotatable bonds is 2. The largest absolute Gasteiger partial charge is 0.508 e. The summed E-state index contributed by atoms with van der Waals surface area (Å²) < 4.78 is 11.0. The number of fused-ring (bicyclic) bond motifs is 3. The number of ether oxygens (including phenoxy) is 2. The van der Waals surface area contributed by atoms with Crippen LogP contribution in [0, 0.1) is 0 Å². The molecule has 1 aromatic carbocycles. The number of methoxy groups -OCH3 is 2. The number of pyridine rings is 1. The molecule has 5 nitrogen and oxygen atoms in total. The lowest BCUT2D eigenvalue weighted by Gasteiger charge is -2.42. The third-order valence-electron chi connectivity index (χ3n) is 4.43. The Hall–Kier alpha value is -1.69. The van der Waals surface area contributed by atoms with Gasteiger partial charge in [0.2, 0.25) is 0 Å². The summed E-state index contributed by atoms with van der Waals surface area (Å²) in [5.41, 5.74) is 2.41. The summed E-state index contributed by atoms with van der Waals surface area (Å²) in [6, 6.07) is 4.94. The van der Waals surface area contributed by atoms with Crippen molar-refractivity contribution in [2.24, 2.45) is 0 Å². The van der Waals surface area contributed by atoms with Crippen LogP contribution in [0.2, 0.25) is 0 Å². The minimum Gasteiger partial charge on any atom is -0.508 e. The van der Waals surface area contributed by atoms with Crippen LogP contribution in [0.1, 0.15) is 36.5 Å². The lowest BCUT2D eigenvalue weighted by molar-refractivity contribution is -0.271. The molecule has 0 spiro atoms. The smallest absolute Gasteiger partial charge is 0.198 e. The molecular formula is C16H19NO4. The van der Waals surface area contributed by atoms with Gasteiger partial charge in [-0.05, 0) is 29.7 Å². The molecule has 2 atom stereocenters. The van der Waals surface area contributed by atoms with Crippen molar-refractivity contribution in [2.75, 3.05) is 14.2 Å². The highest BCUT2D eigenvalue weighted by atomic mass is 16.7. The van der Waals surface area contributed by atoms with E-state index < -0.39 is 11.9 Å². The van der Waals surface area contributed by atoms with Gasteiger partial charge in [-0.3, -0.25) is 4.98 Å². The molecule has 0 aliphatic heterocycles. The van der Waals surface area contributed by atoms with Crippen LogP contribution in [0.15, 0.2) is 24.4 Å². The number of hydrogen-bond acceptors (Lipinski definition) is 5. The van der Waals surface area contributed by atoms with Crippen molar-refractivity contribution in [3.63, 3.8) is 0 Å². The Morgan fingerprint density at radius 1 is 1.29 bits per heavy atom. The van der Waals surface area contributed by atoms with E-state index in [-0.39, 0.29) is 11.7 Å². The van der Waals surface area contributed by atoms with E-state index in [1.165, 1.54) is 14.2 Å². The van der Waals surface area contributed by atoms with Gasteiger partial charge in [-0.2, -0.15) is 0 Å². The lowest BCUT2D eigenvalue weighted by atomic mass is 9.77. The SMILES string of the molecule is COC1(OC)CC(C)c2cnc3ccc(O)cc3c2[C@H]1O. The van der Waals surface area contributed by atoms with Crippen molar-refractivity contribution in [1.82, 2.24) is 4.98 Å². The summed E-state index contributed by atoms with van der Waals surface area (Å²) in [5.74, 6) is -0.808. The fourth-order valence-electron chi connectivity index (χ4n) is 3.26. The van der Waals surface area contributed by atoms with E-state index in [1.807, 2.05) is 6.92 Å². The van der Waals surface area contributed by atoms with E-state index in [0.717, 1.165) is 22.0 Å². The number of aromatic nitrogens is 1. The number of benzene rings is 1. The second-order valence-corrected chi connectivity index (χ2v) is 5.56. The molecule has 1 aliphatic rings. The summed E-state index contributed by atoms with van der Waals surface area (Å²) in [6.07, 6.45) is 1.39. The van der Waals surface area contributed by atoms with Gasteiger partial charge in [0.05, 0.1) is 5.52 Å². The lowest BCUT2D eigenvalue weighted by Crippen LogP contribution is -2.45. The van der Waals surface area contributed by atoms with Gasteiger partial charge in [0, 0.05) is 37.8 Å². The van der Waals surface area contributed by atoms with Gasteiger partial charge in [-0.25, -0.2) is 0 Å². The number of aliphatic hydroxyl groups excluding tert-OH is 1. The van der Waals surface area contributed by atoms with Gasteiger partial charge in [0.25, 0.3) is 0 Å². The minimum absolute atomic E-state index is 0.127. The topological polar surface area (TPSA) is 71.8 Å². The van der Waals surface area contributed by atoms with Crippen molar-refractivity contribution in [2.45, 2.75) is 31.2 Å². The fraction of sp³-hybridized carbons (Fsp3) is 0.438. The standard InChI is InChI=1S/C16H19NO4/c1-9-7-16(20-2,21-3)15(19)14-11-6-10(18)4-5-13(11)17-8-12(9)14/h4-6,8-9,15,18-19H,7H2,1-3H3/t9?,15-/m1/s1. The van der Waals surface area contributed by atoms with E-state index in [2.05, 4.69) is 4.98 Å². The Labute approximate surface area is 123 Å². The molecule has 0 radical (unpaired) electrons. The van der Waals surface area contributed by atoms with E-state index in [0.29, 0.717) is 6.42 Å². The molecule has 2 aromatic rings. The molecule has 0 bridgehead atoms. The van der Waals surface area contributed by atoms with Gasteiger partial charge in [0.1, 0.15) is 11.9 Å². The Bertz CT molecular complexity index is 681. The van der Waals surface area contributed by atoms with Crippen LogP contribution < -0.4 is 0 Å². The van der Waals surface area contributed by atoms with Crippen LogP contribution in [0.4, 0.5) is 0 Å². The van der Waals surface area contributed by atoms with Crippen LogP contribution in [0.25, 0.3) is 10.9 Å². The maximum atomic E-state index is 10.8. The minimum atomic E-state index is -1.08. The van der Waals surface area contributed by atoms with Crippen molar-refractivity contribution < 1.29 is 19.7 Å². The molecule has 0 saturated carbocycles. The monoisotopic (exact) mass is 289 g/mol. The van der Waals surface area contributed by atoms with E-state index in [9.17, 15) is 10.2 Å². The first-order chi connectivity index (χ1) is 10.0. The van der Waals surface area contributed by atoms with Crippen LogP contribution in [0.3, 0.4) is 0 Å². The summed E-state index contributed by atoms with van der Waals surface area (Å²) in [6.45, 7) is 2.05. The van der Waals surface area contributed by atoms with E-state index >= 15 is 0 Å². The van der Waals surface area contributed by atoms with Crippen molar-refractivity contribution >= 4 is 10.9 Å². The average Bonchev–Trinajstić information content (AvgIpc) is 2.50. The molecule has 1 heterocycles. The number of nitrogens with zero attached hydrogens (tertiary/aromatic N) is 1. The fourth-order valence-corrected chi connectivity index (χ4v) is 3.26. The molecule has 21 heavy (non-hydrogen) atoms. The average molecular weight is 289 g/mol. The molecule has 0 saturated heterocycles. The molecule has 1 aromatic heterocycles. The van der Waals surface area contributed by atoms with Crippen molar-refractivity contribution in [1.29, 1.82) is 0 Å². The molecular weight excluding hydrogens is 270 g/mol. The number of hydrogen-bond donors (Lipinski definition) is 2. The second-order valence-electron chi connectivity index (χ2n) is 5.56. The van der Waals surface area contributed by atoms with Crippen LogP contribution >= 0.6 is 0 Å². The molecule has 3 rings (SSSR count). The van der Waals surface area contributed by atoms with Crippen LogP contribution in [-0.2, 0) is 9.47 Å². The predicted molar refractivity (Wildman–Crippen MR) is 78.1 cm³/mol. The second kappa shape index (κ2) is 4.94. The van der Waals surface area contributed by atoms with Crippen molar-refractivity contribution in [3.05, 3.63) is 35.5 Å². The highest BCUT2D eigenvalue weighted by molar-refractivity contribution is 5.85. The number of phenols is 1. The highest BCUT2D eigenvalue weighted by Crippen LogP contribution is 2.48. The van der Waals surface area contributed by atoms with Gasteiger partial charge >= 0.3 is 0 Å². The molecule has 5 heteroatoms. The zero-order valence-corrected chi connectivity index (χ0v) is 12.3. The predicted octanol–water partition coefficient (Wildman–Crippen LogP) is 2.47. The summed E-state index contributed by atoms with van der Waals surface area (Å²) >= 11 is 0. The summed E-state index contributed by atoms with van der Waals surface area (Å²) in [5, 5.41) is 21.3. The molecule has 112 valence electrons. The maximum Gasteiger partial charge on any atom is 0.198 e. The quantitative estimate of drug-likeness (QED) is 0.831. The Morgan fingerprint density at radius 2 is 2.00 bits per heavy atom. The third-order valence-corrected chi connectivity index (χ3v) is 4.43.